The van der Waals surface area contributed by atoms with Gasteiger partial charge in [-0.25, -0.2) is 0 Å². The zero-order chi connectivity index (χ0) is 14.8. The predicted octanol–water partition coefficient (Wildman–Crippen LogP) is 5.37. The Labute approximate surface area is 123 Å². The summed E-state index contributed by atoms with van der Waals surface area (Å²) in [5.74, 6) is 6.58. The molecule has 0 saturated heterocycles. The Hall–Kier alpha value is -2.00. The normalized spacial score (nSPS) is 9.00. The first-order chi connectivity index (χ1) is 9.81. The molecule has 0 fully saturated rings. The van der Waals surface area contributed by atoms with Crippen LogP contribution in [0.5, 0.6) is 0 Å². The quantitative estimate of drug-likeness (QED) is 0.639. The Morgan fingerprint density at radius 3 is 2.00 bits per heavy atom. The van der Waals surface area contributed by atoms with Crippen molar-refractivity contribution >= 4 is 0 Å². The molecule has 0 aliphatic heterocycles. The van der Waals surface area contributed by atoms with Gasteiger partial charge in [-0.2, -0.15) is 0 Å². The fraction of sp³-hybridized carbons (Fsp3) is 0.300. The summed E-state index contributed by atoms with van der Waals surface area (Å²) in [5, 5.41) is 0. The van der Waals surface area contributed by atoms with E-state index in [1.807, 2.05) is 26.0 Å². The van der Waals surface area contributed by atoms with Gasteiger partial charge in [-0.3, -0.25) is 0 Å². The summed E-state index contributed by atoms with van der Waals surface area (Å²) in [7, 11) is 0. The summed E-state index contributed by atoms with van der Waals surface area (Å²) in [6, 6.07) is 16.7. The largest absolute Gasteiger partial charge is 0.0683 e. The fourth-order valence-electron chi connectivity index (χ4n) is 1.98. The minimum Gasteiger partial charge on any atom is -0.0683 e. The lowest BCUT2D eigenvalue weighted by Crippen LogP contribution is -1.88. The SMILES string of the molecule is CC.CCCc1ccccc1C#Cc1ccccc1C. The molecule has 0 heterocycles. The van der Waals surface area contributed by atoms with Gasteiger partial charge >= 0.3 is 0 Å². The van der Waals surface area contributed by atoms with E-state index in [2.05, 4.69) is 62.1 Å². The summed E-state index contributed by atoms with van der Waals surface area (Å²) in [6.45, 7) is 8.30. The molecule has 2 aromatic rings. The lowest BCUT2D eigenvalue weighted by molar-refractivity contribution is 0.919. The molecule has 0 aromatic heterocycles. The van der Waals surface area contributed by atoms with Gasteiger partial charge in [-0.1, -0.05) is 75.4 Å². The average Bonchev–Trinajstić information content (AvgIpc) is 2.50. The van der Waals surface area contributed by atoms with Gasteiger partial charge < -0.3 is 0 Å². The average molecular weight is 264 g/mol. The van der Waals surface area contributed by atoms with E-state index in [1.54, 1.807) is 0 Å². The van der Waals surface area contributed by atoms with Gasteiger partial charge in [0.25, 0.3) is 0 Å². The lowest BCUT2D eigenvalue weighted by Gasteiger charge is -2.01. The molecular weight excluding hydrogens is 240 g/mol. The zero-order valence-corrected chi connectivity index (χ0v) is 13.0. The van der Waals surface area contributed by atoms with Crippen LogP contribution in [0.15, 0.2) is 48.5 Å². The van der Waals surface area contributed by atoms with E-state index >= 15 is 0 Å². The van der Waals surface area contributed by atoms with Gasteiger partial charge in [0.15, 0.2) is 0 Å². The topological polar surface area (TPSA) is 0 Å². The first-order valence-electron chi connectivity index (χ1n) is 7.47. The standard InChI is InChI=1S/C18H18.C2H6/c1-3-8-17-11-6-7-12-18(17)14-13-16-10-5-4-9-15(16)2;1-2/h4-7,9-12H,3,8H2,1-2H3;1-2H3. The maximum absolute atomic E-state index is 3.31. The van der Waals surface area contributed by atoms with E-state index in [4.69, 9.17) is 0 Å². The van der Waals surface area contributed by atoms with E-state index in [-0.39, 0.29) is 0 Å². The van der Waals surface area contributed by atoms with E-state index in [1.165, 1.54) is 11.1 Å². The molecule has 104 valence electrons. The minimum atomic E-state index is 1.10. The summed E-state index contributed by atoms with van der Waals surface area (Å²) in [6.07, 6.45) is 2.25. The van der Waals surface area contributed by atoms with Crippen LogP contribution >= 0.6 is 0 Å². The van der Waals surface area contributed by atoms with Gasteiger partial charge in [0.2, 0.25) is 0 Å². The van der Waals surface area contributed by atoms with Crippen LogP contribution in [0.2, 0.25) is 0 Å². The second-order valence-corrected chi connectivity index (χ2v) is 4.47. The highest BCUT2D eigenvalue weighted by molar-refractivity contribution is 5.48. The molecule has 0 saturated carbocycles. The number of aryl methyl sites for hydroxylation is 2. The first kappa shape index (κ1) is 16.1. The predicted molar refractivity (Wildman–Crippen MR) is 88.9 cm³/mol. The minimum absolute atomic E-state index is 1.10. The third kappa shape index (κ3) is 4.59. The molecule has 2 rings (SSSR count). The molecule has 0 amide bonds. The Morgan fingerprint density at radius 1 is 0.800 bits per heavy atom. The molecule has 0 heteroatoms. The van der Waals surface area contributed by atoms with Crippen molar-refractivity contribution in [1.82, 2.24) is 0 Å². The van der Waals surface area contributed by atoms with Crippen molar-refractivity contribution in [3.05, 3.63) is 70.8 Å². The van der Waals surface area contributed by atoms with E-state index in [9.17, 15) is 0 Å². The molecule has 0 atom stereocenters. The van der Waals surface area contributed by atoms with Crippen LogP contribution in [-0.4, -0.2) is 0 Å². The monoisotopic (exact) mass is 264 g/mol. The van der Waals surface area contributed by atoms with Gasteiger partial charge in [0, 0.05) is 11.1 Å². The van der Waals surface area contributed by atoms with Gasteiger partial charge in [-0.05, 0) is 36.6 Å². The number of hydrogen-bond acceptors (Lipinski definition) is 0. The Kier molecular flexibility index (Phi) is 7.22. The van der Waals surface area contributed by atoms with Crippen molar-refractivity contribution in [2.45, 2.75) is 40.5 Å². The number of hydrogen-bond donors (Lipinski definition) is 0. The van der Waals surface area contributed by atoms with Crippen molar-refractivity contribution in [3.8, 4) is 11.8 Å². The first-order valence-corrected chi connectivity index (χ1v) is 7.47. The number of rotatable bonds is 2. The van der Waals surface area contributed by atoms with Crippen LogP contribution in [0.25, 0.3) is 0 Å². The third-order valence-corrected chi connectivity index (χ3v) is 3.01. The van der Waals surface area contributed by atoms with Crippen molar-refractivity contribution in [2.75, 3.05) is 0 Å². The van der Waals surface area contributed by atoms with Crippen molar-refractivity contribution < 1.29 is 0 Å². The van der Waals surface area contributed by atoms with Crippen LogP contribution < -0.4 is 0 Å². The molecule has 0 aliphatic carbocycles. The molecule has 2 aromatic carbocycles. The molecule has 0 spiro atoms. The summed E-state index contributed by atoms with van der Waals surface area (Å²) in [5.41, 5.74) is 4.85. The smallest absolute Gasteiger partial charge is 0.0281 e. The van der Waals surface area contributed by atoms with Gasteiger partial charge in [-0.15, -0.1) is 0 Å². The highest BCUT2D eigenvalue weighted by atomic mass is 14.0. The van der Waals surface area contributed by atoms with E-state index in [0.717, 1.165) is 24.0 Å². The molecule has 0 N–H and O–H groups in total. The second-order valence-electron chi connectivity index (χ2n) is 4.47. The molecule has 0 aliphatic rings. The molecule has 0 radical (unpaired) electrons. The van der Waals surface area contributed by atoms with Crippen molar-refractivity contribution in [1.29, 1.82) is 0 Å². The molecule has 0 nitrogen and oxygen atoms in total. The highest BCUT2D eigenvalue weighted by Gasteiger charge is 1.97. The van der Waals surface area contributed by atoms with Crippen molar-refractivity contribution in [2.24, 2.45) is 0 Å². The fourth-order valence-corrected chi connectivity index (χ4v) is 1.98. The third-order valence-electron chi connectivity index (χ3n) is 3.01. The Bertz CT molecular complexity index is 582. The van der Waals surface area contributed by atoms with E-state index < -0.39 is 0 Å². The van der Waals surface area contributed by atoms with Crippen LogP contribution in [0.4, 0.5) is 0 Å². The van der Waals surface area contributed by atoms with Crippen LogP contribution in [0, 0.1) is 18.8 Å². The highest BCUT2D eigenvalue weighted by Crippen LogP contribution is 2.11. The van der Waals surface area contributed by atoms with Gasteiger partial charge in [0.05, 0.1) is 0 Å². The Balaban J connectivity index is 0.000000956. The molecule has 20 heavy (non-hydrogen) atoms. The second kappa shape index (κ2) is 8.99. The lowest BCUT2D eigenvalue weighted by atomic mass is 10.0. The van der Waals surface area contributed by atoms with Crippen molar-refractivity contribution in [3.63, 3.8) is 0 Å². The molecule has 0 bridgehead atoms. The summed E-state index contributed by atoms with van der Waals surface area (Å²) in [4.78, 5) is 0. The van der Waals surface area contributed by atoms with Crippen LogP contribution in [-0.2, 0) is 6.42 Å². The number of benzene rings is 2. The van der Waals surface area contributed by atoms with Crippen LogP contribution in [0.1, 0.15) is 49.4 Å². The molecular formula is C20H24. The summed E-state index contributed by atoms with van der Waals surface area (Å²) < 4.78 is 0. The van der Waals surface area contributed by atoms with Crippen LogP contribution in [0.3, 0.4) is 0 Å². The van der Waals surface area contributed by atoms with E-state index in [0.29, 0.717) is 0 Å². The zero-order valence-electron chi connectivity index (χ0n) is 13.0. The Morgan fingerprint density at radius 2 is 1.35 bits per heavy atom. The summed E-state index contributed by atoms with van der Waals surface area (Å²) >= 11 is 0. The molecule has 0 unspecified atom stereocenters. The maximum atomic E-state index is 3.31. The van der Waals surface area contributed by atoms with Gasteiger partial charge in [0.1, 0.15) is 0 Å². The maximum Gasteiger partial charge on any atom is 0.0281 e.